The summed E-state index contributed by atoms with van der Waals surface area (Å²) in [7, 11) is 0. The summed E-state index contributed by atoms with van der Waals surface area (Å²) in [6.45, 7) is 2.42. The van der Waals surface area contributed by atoms with Gasteiger partial charge in [0.05, 0.1) is 0 Å². The van der Waals surface area contributed by atoms with E-state index in [9.17, 15) is 9.59 Å². The van der Waals surface area contributed by atoms with E-state index in [0.29, 0.717) is 18.9 Å². The largest absolute Gasteiger partial charge is 0.342 e. The minimum absolute atomic E-state index is 0.0157. The highest BCUT2D eigenvalue weighted by Gasteiger charge is 2.46. The van der Waals surface area contributed by atoms with Crippen molar-refractivity contribution in [3.05, 3.63) is 30.1 Å². The van der Waals surface area contributed by atoms with Gasteiger partial charge in [-0.15, -0.1) is 0 Å². The minimum Gasteiger partial charge on any atom is -0.342 e. The maximum absolute atomic E-state index is 12.6. The molecule has 2 heterocycles. The molecule has 5 heteroatoms. The van der Waals surface area contributed by atoms with E-state index in [4.69, 9.17) is 0 Å². The summed E-state index contributed by atoms with van der Waals surface area (Å²) < 4.78 is 0. The van der Waals surface area contributed by atoms with Crippen molar-refractivity contribution in [2.75, 3.05) is 0 Å². The third-order valence-electron chi connectivity index (χ3n) is 4.11. The first kappa shape index (κ1) is 13.1. The number of nitrogens with zero attached hydrogens (tertiary/aromatic N) is 2. The van der Waals surface area contributed by atoms with E-state index >= 15 is 0 Å². The first-order valence-electron chi connectivity index (χ1n) is 7.20. The molecule has 1 aromatic heterocycles. The maximum Gasteiger partial charge on any atom is 0.246 e. The summed E-state index contributed by atoms with van der Waals surface area (Å²) in [5, 5.41) is 2.90. The number of pyridine rings is 1. The molecular formula is C15H19N3O2. The van der Waals surface area contributed by atoms with Crippen LogP contribution in [-0.4, -0.2) is 33.8 Å². The highest BCUT2D eigenvalue weighted by molar-refractivity contribution is 5.97. The number of amides is 2. The highest BCUT2D eigenvalue weighted by Crippen LogP contribution is 2.35. The zero-order chi connectivity index (χ0) is 14.1. The number of hydrogen-bond acceptors (Lipinski definition) is 3. The van der Waals surface area contributed by atoms with Crippen molar-refractivity contribution >= 4 is 11.8 Å². The number of hydrogen-bond donors (Lipinski definition) is 1. The molecule has 0 aromatic carbocycles. The second kappa shape index (κ2) is 5.23. The summed E-state index contributed by atoms with van der Waals surface area (Å²) in [6, 6.07) is 3.11. The van der Waals surface area contributed by atoms with E-state index in [0.717, 1.165) is 18.4 Å². The van der Waals surface area contributed by atoms with E-state index in [-0.39, 0.29) is 23.9 Å². The first-order valence-corrected chi connectivity index (χ1v) is 7.20. The van der Waals surface area contributed by atoms with Crippen LogP contribution in [0.1, 0.15) is 31.7 Å². The van der Waals surface area contributed by atoms with Gasteiger partial charge in [0.15, 0.2) is 0 Å². The van der Waals surface area contributed by atoms with E-state index in [2.05, 4.69) is 10.3 Å². The molecule has 2 amide bonds. The molecule has 1 aromatic rings. The Morgan fingerprint density at radius 1 is 1.30 bits per heavy atom. The van der Waals surface area contributed by atoms with Gasteiger partial charge in [-0.25, -0.2) is 0 Å². The monoisotopic (exact) mass is 273 g/mol. The summed E-state index contributed by atoms with van der Waals surface area (Å²) in [6.07, 6.45) is 6.14. The van der Waals surface area contributed by atoms with Gasteiger partial charge >= 0.3 is 0 Å². The number of piperazine rings is 1. The number of aromatic nitrogens is 1. The van der Waals surface area contributed by atoms with Crippen LogP contribution in [0.15, 0.2) is 24.5 Å². The minimum atomic E-state index is -0.356. The van der Waals surface area contributed by atoms with Crippen molar-refractivity contribution in [1.82, 2.24) is 15.2 Å². The van der Waals surface area contributed by atoms with Crippen molar-refractivity contribution in [1.29, 1.82) is 0 Å². The molecule has 2 unspecified atom stereocenters. The van der Waals surface area contributed by atoms with Gasteiger partial charge in [0.25, 0.3) is 0 Å². The average Bonchev–Trinajstić information content (AvgIpc) is 3.28. The molecular weight excluding hydrogens is 254 g/mol. The van der Waals surface area contributed by atoms with Crippen LogP contribution in [0.4, 0.5) is 0 Å². The van der Waals surface area contributed by atoms with Gasteiger partial charge < -0.3 is 10.2 Å². The lowest BCUT2D eigenvalue weighted by atomic mass is 10.0. The molecule has 1 N–H and O–H groups in total. The molecule has 2 aliphatic rings. The molecule has 5 nitrogen and oxygen atoms in total. The normalized spacial score (nSPS) is 26.6. The molecule has 0 bridgehead atoms. The van der Waals surface area contributed by atoms with Crippen LogP contribution in [0, 0.1) is 5.92 Å². The third-order valence-corrected chi connectivity index (χ3v) is 4.11. The number of carbonyl (C=O) groups is 2. The highest BCUT2D eigenvalue weighted by atomic mass is 16.2. The second-order valence-corrected chi connectivity index (χ2v) is 5.57. The molecule has 1 aliphatic carbocycles. The van der Waals surface area contributed by atoms with Gasteiger partial charge in [-0.05, 0) is 42.9 Å². The molecule has 1 saturated carbocycles. The smallest absolute Gasteiger partial charge is 0.246 e. The van der Waals surface area contributed by atoms with E-state index < -0.39 is 0 Å². The third kappa shape index (κ3) is 2.40. The Morgan fingerprint density at radius 2 is 2.00 bits per heavy atom. The van der Waals surface area contributed by atoms with Crippen LogP contribution in [0.5, 0.6) is 0 Å². The fourth-order valence-corrected chi connectivity index (χ4v) is 2.81. The van der Waals surface area contributed by atoms with Crippen molar-refractivity contribution in [2.24, 2.45) is 5.92 Å². The predicted molar refractivity (Wildman–Crippen MR) is 73.5 cm³/mol. The average molecular weight is 273 g/mol. The second-order valence-electron chi connectivity index (χ2n) is 5.57. The van der Waals surface area contributed by atoms with Crippen LogP contribution in [0.25, 0.3) is 0 Å². The summed E-state index contributed by atoms with van der Waals surface area (Å²) >= 11 is 0. The Balaban J connectivity index is 1.83. The molecule has 0 spiro atoms. The van der Waals surface area contributed by atoms with Gasteiger partial charge in [0.1, 0.15) is 12.1 Å². The van der Waals surface area contributed by atoms with Crippen LogP contribution in [-0.2, 0) is 16.1 Å². The first-order chi connectivity index (χ1) is 9.70. The van der Waals surface area contributed by atoms with Crippen molar-refractivity contribution in [3.63, 3.8) is 0 Å². The molecule has 2 fully saturated rings. The van der Waals surface area contributed by atoms with Crippen LogP contribution >= 0.6 is 0 Å². The molecule has 0 radical (unpaired) electrons. The topological polar surface area (TPSA) is 62.3 Å². The quantitative estimate of drug-likeness (QED) is 0.893. The lowest BCUT2D eigenvalue weighted by Gasteiger charge is -2.38. The molecule has 20 heavy (non-hydrogen) atoms. The van der Waals surface area contributed by atoms with Crippen molar-refractivity contribution in [2.45, 2.75) is 44.8 Å². The summed E-state index contributed by atoms with van der Waals surface area (Å²) in [5.74, 6) is 0.387. The van der Waals surface area contributed by atoms with Crippen LogP contribution in [0.2, 0.25) is 0 Å². The Hall–Kier alpha value is -1.91. The number of carbonyl (C=O) groups excluding carboxylic acids is 2. The molecule has 3 rings (SSSR count). The number of rotatable bonds is 4. The fraction of sp³-hybridized carbons (Fsp3) is 0.533. The lowest BCUT2D eigenvalue weighted by molar-refractivity contribution is -0.150. The fourth-order valence-electron chi connectivity index (χ4n) is 2.81. The van der Waals surface area contributed by atoms with E-state index in [1.165, 1.54) is 0 Å². The molecule has 1 aliphatic heterocycles. The van der Waals surface area contributed by atoms with Gasteiger partial charge in [-0.3, -0.25) is 14.6 Å². The van der Waals surface area contributed by atoms with Gasteiger partial charge in [-0.1, -0.05) is 6.92 Å². The number of nitrogens with one attached hydrogen (secondary N) is 1. The summed E-state index contributed by atoms with van der Waals surface area (Å²) in [4.78, 5) is 30.5. The Bertz CT molecular complexity index is 513. The maximum atomic E-state index is 12.6. The SMILES string of the molecule is CCC1C(=O)NC(C2CC2)C(=O)N1Cc1ccncc1. The molecule has 106 valence electrons. The van der Waals surface area contributed by atoms with Gasteiger partial charge in [0.2, 0.25) is 11.8 Å². The predicted octanol–water partition coefficient (Wildman–Crippen LogP) is 1.10. The van der Waals surface area contributed by atoms with Crippen LogP contribution < -0.4 is 5.32 Å². The summed E-state index contributed by atoms with van der Waals surface area (Å²) in [5.41, 5.74) is 1.01. The Morgan fingerprint density at radius 3 is 2.60 bits per heavy atom. The zero-order valence-electron chi connectivity index (χ0n) is 11.6. The standard InChI is InChI=1S/C15H19N3O2/c1-2-12-14(19)17-13(11-3-4-11)15(20)18(12)9-10-5-7-16-8-6-10/h5-8,11-13H,2-4,9H2,1H3,(H,17,19). The zero-order valence-corrected chi connectivity index (χ0v) is 11.6. The molecule has 2 atom stereocenters. The van der Waals surface area contributed by atoms with Gasteiger partial charge in [0, 0.05) is 18.9 Å². The van der Waals surface area contributed by atoms with Crippen molar-refractivity contribution in [3.8, 4) is 0 Å². The van der Waals surface area contributed by atoms with Crippen LogP contribution in [0.3, 0.4) is 0 Å². The Labute approximate surface area is 118 Å². The van der Waals surface area contributed by atoms with Crippen molar-refractivity contribution < 1.29 is 9.59 Å². The van der Waals surface area contributed by atoms with E-state index in [1.54, 1.807) is 17.3 Å². The Kier molecular flexibility index (Phi) is 3.42. The van der Waals surface area contributed by atoms with E-state index in [1.807, 2.05) is 19.1 Å². The molecule has 1 saturated heterocycles. The van der Waals surface area contributed by atoms with Gasteiger partial charge in [-0.2, -0.15) is 0 Å². The lowest BCUT2D eigenvalue weighted by Crippen LogP contribution is -2.63.